The number of ether oxygens (including phenoxy) is 1. The molecule has 1 atom stereocenters. The number of hydrogen-bond acceptors (Lipinski definition) is 5. The number of hydrogen-bond donors (Lipinski definition) is 1. The second-order valence-corrected chi connectivity index (χ2v) is 7.82. The van der Waals surface area contributed by atoms with Crippen molar-refractivity contribution in [2.45, 2.75) is 39.7 Å². The van der Waals surface area contributed by atoms with Gasteiger partial charge in [-0.25, -0.2) is 0 Å². The molecule has 2 heterocycles. The third-order valence-corrected chi connectivity index (χ3v) is 5.67. The second-order valence-electron chi connectivity index (χ2n) is 7.82. The quantitative estimate of drug-likeness (QED) is 0.675. The summed E-state index contributed by atoms with van der Waals surface area (Å²) >= 11 is 0. The number of nitrogens with zero attached hydrogens (tertiary/aromatic N) is 1. The smallest absolute Gasteiger partial charge is 0.290 e. The van der Waals surface area contributed by atoms with Crippen LogP contribution in [-0.4, -0.2) is 29.6 Å². The predicted octanol–water partition coefficient (Wildman–Crippen LogP) is 4.47. The molecule has 0 aliphatic carbocycles. The number of aromatic hydroxyl groups is 1. The van der Waals surface area contributed by atoms with Crippen LogP contribution < -0.4 is 10.2 Å². The highest BCUT2D eigenvalue weighted by Crippen LogP contribution is 2.41. The molecular formula is C24H25NO5. The van der Waals surface area contributed by atoms with E-state index in [0.29, 0.717) is 34.4 Å². The molecule has 0 fully saturated rings. The summed E-state index contributed by atoms with van der Waals surface area (Å²) in [6, 6.07) is 8.07. The van der Waals surface area contributed by atoms with Gasteiger partial charge >= 0.3 is 0 Å². The van der Waals surface area contributed by atoms with Gasteiger partial charge in [0.1, 0.15) is 5.58 Å². The van der Waals surface area contributed by atoms with Crippen LogP contribution in [0.2, 0.25) is 0 Å². The van der Waals surface area contributed by atoms with Crippen molar-refractivity contribution in [1.29, 1.82) is 0 Å². The van der Waals surface area contributed by atoms with E-state index in [4.69, 9.17) is 9.15 Å². The molecule has 2 aromatic carbocycles. The predicted molar refractivity (Wildman–Crippen MR) is 114 cm³/mol. The van der Waals surface area contributed by atoms with Gasteiger partial charge in [0, 0.05) is 6.54 Å². The van der Waals surface area contributed by atoms with Crippen molar-refractivity contribution in [1.82, 2.24) is 4.90 Å². The average Bonchev–Trinajstić information content (AvgIpc) is 3.00. The summed E-state index contributed by atoms with van der Waals surface area (Å²) in [6.45, 7) is 6.36. The first-order valence-electron chi connectivity index (χ1n) is 10.1. The van der Waals surface area contributed by atoms with E-state index in [-0.39, 0.29) is 22.8 Å². The highest BCUT2D eigenvalue weighted by atomic mass is 16.5. The van der Waals surface area contributed by atoms with Gasteiger partial charge in [-0.2, -0.15) is 0 Å². The van der Waals surface area contributed by atoms with Crippen LogP contribution in [-0.2, 0) is 0 Å². The Morgan fingerprint density at radius 3 is 2.63 bits per heavy atom. The summed E-state index contributed by atoms with van der Waals surface area (Å²) in [4.78, 5) is 28.6. The van der Waals surface area contributed by atoms with Crippen molar-refractivity contribution in [3.8, 4) is 11.5 Å². The van der Waals surface area contributed by atoms with Crippen molar-refractivity contribution in [2.24, 2.45) is 0 Å². The Balaban J connectivity index is 2.00. The number of amides is 1. The van der Waals surface area contributed by atoms with E-state index >= 15 is 0 Å². The molecule has 0 radical (unpaired) electrons. The zero-order valence-electron chi connectivity index (χ0n) is 17.6. The lowest BCUT2D eigenvalue weighted by molar-refractivity contribution is 0.0725. The first-order chi connectivity index (χ1) is 14.4. The van der Waals surface area contributed by atoms with Gasteiger partial charge in [0.15, 0.2) is 16.9 Å². The molecule has 6 nitrogen and oxygen atoms in total. The van der Waals surface area contributed by atoms with Crippen molar-refractivity contribution < 1.29 is 19.1 Å². The number of aryl methyl sites for hydroxylation is 2. The molecule has 30 heavy (non-hydrogen) atoms. The van der Waals surface area contributed by atoms with Gasteiger partial charge in [0.25, 0.3) is 5.91 Å². The normalized spacial score (nSPS) is 15.7. The first-order valence-corrected chi connectivity index (χ1v) is 10.1. The number of fused-ring (bicyclic) bond motifs is 2. The van der Waals surface area contributed by atoms with Crippen LogP contribution in [0.3, 0.4) is 0 Å². The standard InChI is InChI=1S/C24H25NO5/c1-5-6-9-25-20(15-7-8-17(26)18(12-15)29-4)19-21(27)16-11-13(2)10-14(3)22(16)30-23(19)24(25)28/h7-8,10-12,20,26H,5-6,9H2,1-4H3. The number of unbranched alkanes of at least 4 members (excludes halogenated alkanes) is 1. The number of rotatable bonds is 5. The summed E-state index contributed by atoms with van der Waals surface area (Å²) < 4.78 is 11.3. The zero-order valence-corrected chi connectivity index (χ0v) is 17.6. The molecule has 3 aromatic rings. The average molecular weight is 407 g/mol. The summed E-state index contributed by atoms with van der Waals surface area (Å²) in [7, 11) is 1.47. The summed E-state index contributed by atoms with van der Waals surface area (Å²) in [5.41, 5.74) is 3.10. The van der Waals surface area contributed by atoms with E-state index in [1.165, 1.54) is 13.2 Å². The maximum atomic E-state index is 13.6. The lowest BCUT2D eigenvalue weighted by atomic mass is 9.97. The molecule has 1 aliphatic rings. The fourth-order valence-corrected chi connectivity index (χ4v) is 4.24. The maximum absolute atomic E-state index is 13.6. The van der Waals surface area contributed by atoms with Gasteiger partial charge in [-0.15, -0.1) is 0 Å². The highest BCUT2D eigenvalue weighted by molar-refractivity contribution is 5.99. The summed E-state index contributed by atoms with van der Waals surface area (Å²) in [5, 5.41) is 10.5. The maximum Gasteiger partial charge on any atom is 0.290 e. The van der Waals surface area contributed by atoms with Crippen LogP contribution in [0.25, 0.3) is 11.0 Å². The molecule has 4 rings (SSSR count). The first kappa shape index (κ1) is 20.0. The third-order valence-electron chi connectivity index (χ3n) is 5.67. The molecule has 1 aliphatic heterocycles. The van der Waals surface area contributed by atoms with Crippen molar-refractivity contribution in [2.75, 3.05) is 13.7 Å². The number of carbonyl (C=O) groups is 1. The van der Waals surface area contributed by atoms with Gasteiger partial charge in [-0.3, -0.25) is 9.59 Å². The van der Waals surface area contributed by atoms with E-state index in [1.807, 2.05) is 26.0 Å². The third kappa shape index (κ3) is 3.03. The van der Waals surface area contributed by atoms with Crippen molar-refractivity contribution in [3.05, 3.63) is 68.6 Å². The Bertz CT molecular complexity index is 1210. The highest BCUT2D eigenvalue weighted by Gasteiger charge is 2.42. The van der Waals surface area contributed by atoms with Crippen LogP contribution >= 0.6 is 0 Å². The lowest BCUT2D eigenvalue weighted by Crippen LogP contribution is -2.30. The summed E-state index contributed by atoms with van der Waals surface area (Å²) in [6.07, 6.45) is 1.71. The molecule has 1 unspecified atom stereocenters. The van der Waals surface area contributed by atoms with E-state index < -0.39 is 6.04 Å². The van der Waals surface area contributed by atoms with Gasteiger partial charge in [-0.05, 0) is 55.2 Å². The van der Waals surface area contributed by atoms with Crippen LogP contribution in [0.1, 0.15) is 58.6 Å². The minimum atomic E-state index is -0.588. The molecular weight excluding hydrogens is 382 g/mol. The molecule has 1 amide bonds. The number of carbonyl (C=O) groups excluding carboxylic acids is 1. The van der Waals surface area contributed by atoms with E-state index in [1.54, 1.807) is 17.0 Å². The molecule has 6 heteroatoms. The van der Waals surface area contributed by atoms with E-state index in [2.05, 4.69) is 6.92 Å². The van der Waals surface area contributed by atoms with E-state index in [0.717, 1.165) is 24.0 Å². The molecule has 1 N–H and O–H groups in total. The fraction of sp³-hybridized carbons (Fsp3) is 0.333. The Hall–Kier alpha value is -3.28. The molecule has 1 aromatic heterocycles. The second kappa shape index (κ2) is 7.52. The van der Waals surface area contributed by atoms with Crippen molar-refractivity contribution >= 4 is 16.9 Å². The Labute approximate surface area is 174 Å². The Morgan fingerprint density at radius 1 is 1.17 bits per heavy atom. The Kier molecular flexibility index (Phi) is 5.02. The molecule has 0 spiro atoms. The zero-order chi connectivity index (χ0) is 21.6. The molecule has 0 saturated heterocycles. The summed E-state index contributed by atoms with van der Waals surface area (Å²) in [5.74, 6) is 0.116. The van der Waals surface area contributed by atoms with Crippen LogP contribution in [0.4, 0.5) is 0 Å². The topological polar surface area (TPSA) is 80.0 Å². The molecule has 156 valence electrons. The molecule has 0 saturated carbocycles. The number of phenolic OH excluding ortho intramolecular Hbond substituents is 1. The van der Waals surface area contributed by atoms with Gasteiger partial charge in [0.2, 0.25) is 5.76 Å². The minimum Gasteiger partial charge on any atom is -0.504 e. The van der Waals surface area contributed by atoms with Crippen LogP contribution in [0.15, 0.2) is 39.5 Å². The number of phenols is 1. The van der Waals surface area contributed by atoms with Crippen LogP contribution in [0.5, 0.6) is 11.5 Å². The fourth-order valence-electron chi connectivity index (χ4n) is 4.24. The number of methoxy groups -OCH3 is 1. The Morgan fingerprint density at radius 2 is 1.93 bits per heavy atom. The van der Waals surface area contributed by atoms with Gasteiger partial charge in [-0.1, -0.05) is 25.5 Å². The lowest BCUT2D eigenvalue weighted by Gasteiger charge is -2.25. The monoisotopic (exact) mass is 407 g/mol. The minimum absolute atomic E-state index is 0.00250. The van der Waals surface area contributed by atoms with Crippen LogP contribution in [0, 0.1) is 13.8 Å². The number of benzene rings is 2. The largest absolute Gasteiger partial charge is 0.504 e. The van der Waals surface area contributed by atoms with Gasteiger partial charge in [0.05, 0.1) is 24.1 Å². The van der Waals surface area contributed by atoms with Crippen molar-refractivity contribution in [3.63, 3.8) is 0 Å². The SMILES string of the molecule is CCCCN1C(=O)c2oc3c(C)cc(C)cc3c(=O)c2C1c1ccc(O)c(OC)c1. The molecule has 0 bridgehead atoms. The van der Waals surface area contributed by atoms with E-state index in [9.17, 15) is 14.7 Å². The van der Waals surface area contributed by atoms with Gasteiger partial charge < -0.3 is 19.2 Å².